The Hall–Kier alpha value is -3.87. The maximum Gasteiger partial charge on any atom is 0.514 e. The minimum absolute atomic E-state index is 0.209. The lowest BCUT2D eigenvalue weighted by Gasteiger charge is -2.28. The van der Waals surface area contributed by atoms with Gasteiger partial charge in [-0.25, -0.2) is 4.79 Å². The SMILES string of the molecule is COc1cc(-c2cc(OC)cc(C(C)(C)C)c2OC(=O)OC(C)(C)C)c(OPCl)c(C(C)(C)C)c1.OC1=C(c2ccccc2O)C=CCC1. The van der Waals surface area contributed by atoms with Crippen LogP contribution >= 0.6 is 19.4 Å². The zero-order chi connectivity index (χ0) is 36.7. The van der Waals surface area contributed by atoms with Gasteiger partial charge in [0.05, 0.1) is 14.2 Å². The summed E-state index contributed by atoms with van der Waals surface area (Å²) >= 11 is 6.09. The summed E-state index contributed by atoms with van der Waals surface area (Å²) in [5.74, 6) is 2.77. The Morgan fingerprint density at radius 1 is 0.776 bits per heavy atom. The van der Waals surface area contributed by atoms with Gasteiger partial charge in [-0.15, -0.1) is 0 Å². The molecule has 266 valence electrons. The number of aliphatic hydroxyl groups is 1. The second kappa shape index (κ2) is 16.2. The van der Waals surface area contributed by atoms with E-state index in [1.807, 2.05) is 63.3 Å². The summed E-state index contributed by atoms with van der Waals surface area (Å²) < 4.78 is 28.7. The molecule has 0 heterocycles. The number of carbonyl (C=O) groups excluding carboxylic acids is 1. The molecule has 0 amide bonds. The molecule has 1 atom stereocenters. The molecule has 4 rings (SSSR count). The summed E-state index contributed by atoms with van der Waals surface area (Å²) in [5.41, 5.74) is 3.00. The summed E-state index contributed by atoms with van der Waals surface area (Å²) in [4.78, 5) is 12.9. The van der Waals surface area contributed by atoms with Gasteiger partial charge in [-0.3, -0.25) is 0 Å². The van der Waals surface area contributed by atoms with Crippen LogP contribution in [-0.2, 0) is 15.6 Å². The molecule has 8 nitrogen and oxygen atoms in total. The van der Waals surface area contributed by atoms with Gasteiger partial charge in [0.1, 0.15) is 40.1 Å². The molecule has 0 aliphatic heterocycles. The normalized spacial score (nSPS) is 13.6. The molecule has 1 aliphatic rings. The molecule has 0 saturated carbocycles. The maximum absolute atomic E-state index is 12.9. The van der Waals surface area contributed by atoms with Crippen LogP contribution in [0.5, 0.6) is 28.7 Å². The van der Waals surface area contributed by atoms with E-state index in [4.69, 9.17) is 34.7 Å². The van der Waals surface area contributed by atoms with Crippen LogP contribution in [0.15, 0.2) is 66.4 Å². The van der Waals surface area contributed by atoms with Crippen LogP contribution in [-0.4, -0.2) is 36.2 Å². The van der Waals surface area contributed by atoms with Crippen molar-refractivity contribution in [1.82, 2.24) is 0 Å². The number of carbonyl (C=O) groups is 1. The Labute approximate surface area is 297 Å². The fourth-order valence-corrected chi connectivity index (χ4v) is 5.69. The molecule has 0 saturated heterocycles. The third kappa shape index (κ3) is 10.6. The zero-order valence-electron chi connectivity index (χ0n) is 30.4. The summed E-state index contributed by atoms with van der Waals surface area (Å²) in [6, 6.07) is 14.5. The highest BCUT2D eigenvalue weighted by Crippen LogP contribution is 2.50. The average Bonchev–Trinajstić information content (AvgIpc) is 3.00. The number of aliphatic hydroxyl groups excluding tert-OH is 1. The van der Waals surface area contributed by atoms with Crippen molar-refractivity contribution >= 4 is 31.1 Å². The zero-order valence-corrected chi connectivity index (χ0v) is 32.2. The molecule has 1 unspecified atom stereocenters. The van der Waals surface area contributed by atoms with Gasteiger partial charge in [0.25, 0.3) is 0 Å². The predicted molar refractivity (Wildman–Crippen MR) is 200 cm³/mol. The molecular formula is C39H50ClO8P. The van der Waals surface area contributed by atoms with Crippen molar-refractivity contribution in [2.45, 2.75) is 91.6 Å². The van der Waals surface area contributed by atoms with E-state index in [-0.39, 0.29) is 24.7 Å². The lowest BCUT2D eigenvalue weighted by atomic mass is 9.81. The van der Waals surface area contributed by atoms with Crippen LogP contribution in [0.2, 0.25) is 0 Å². The molecule has 1 aliphatic carbocycles. The Balaban J connectivity index is 0.000000382. The van der Waals surface area contributed by atoms with Crippen LogP contribution in [0.3, 0.4) is 0 Å². The lowest BCUT2D eigenvalue weighted by molar-refractivity contribution is 0.0204. The number of hydrogen-bond donors (Lipinski definition) is 2. The maximum atomic E-state index is 12.9. The molecule has 2 N–H and O–H groups in total. The molecule has 0 bridgehead atoms. The number of halogens is 1. The molecule has 3 aromatic carbocycles. The predicted octanol–water partition coefficient (Wildman–Crippen LogP) is 11.4. The number of ether oxygens (including phenoxy) is 4. The van der Waals surface area contributed by atoms with Crippen LogP contribution in [0.4, 0.5) is 4.79 Å². The van der Waals surface area contributed by atoms with Crippen LogP contribution in [0.1, 0.15) is 91.8 Å². The first kappa shape index (κ1) is 39.6. The van der Waals surface area contributed by atoms with Crippen molar-refractivity contribution in [3.8, 4) is 39.9 Å². The van der Waals surface area contributed by atoms with Crippen molar-refractivity contribution in [2.24, 2.45) is 0 Å². The van der Waals surface area contributed by atoms with Gasteiger partial charge >= 0.3 is 6.16 Å². The minimum Gasteiger partial charge on any atom is -0.512 e. The number of methoxy groups -OCH3 is 2. The first-order chi connectivity index (χ1) is 22.8. The highest BCUT2D eigenvalue weighted by atomic mass is 35.7. The van der Waals surface area contributed by atoms with Crippen LogP contribution in [0, 0.1) is 0 Å². The van der Waals surface area contributed by atoms with Crippen molar-refractivity contribution in [1.29, 1.82) is 0 Å². The van der Waals surface area contributed by atoms with Gasteiger partial charge in [0.15, 0.2) is 8.16 Å². The van der Waals surface area contributed by atoms with Gasteiger partial charge in [-0.2, -0.15) is 0 Å². The Morgan fingerprint density at radius 2 is 1.31 bits per heavy atom. The van der Waals surface area contributed by atoms with Crippen molar-refractivity contribution in [3.05, 3.63) is 83.1 Å². The number of phenols is 1. The number of aromatic hydroxyl groups is 1. The number of benzene rings is 3. The molecule has 10 heteroatoms. The Morgan fingerprint density at radius 3 is 1.78 bits per heavy atom. The van der Waals surface area contributed by atoms with Gasteiger partial charge in [-0.1, -0.05) is 83.1 Å². The molecule has 3 aromatic rings. The summed E-state index contributed by atoms with van der Waals surface area (Å²) in [6.45, 7) is 17.7. The first-order valence-electron chi connectivity index (χ1n) is 16.1. The van der Waals surface area contributed by atoms with E-state index >= 15 is 0 Å². The fraction of sp³-hybridized carbons (Fsp3) is 0.410. The Bertz CT molecular complexity index is 1690. The standard InChI is InChI=1S/C27H38ClO6P.C12H12O2/c1-25(2,3)20-14-16(30-10)12-18(22(20)32-24(29)33-27(7,8)9)19-13-17(31-11)15-21(26(4,5)6)23(19)34-35-28;13-11-7-3-1-5-9(11)10-6-2-4-8-12(10)14/h12-15,35H,1-11H3;1-3,5-7,13-14H,4,8H2. The van der Waals surface area contributed by atoms with Crippen molar-refractivity contribution in [2.75, 3.05) is 14.2 Å². The Kier molecular flexibility index (Phi) is 13.1. The quantitative estimate of drug-likeness (QED) is 0.142. The lowest BCUT2D eigenvalue weighted by Crippen LogP contribution is -2.27. The molecule has 49 heavy (non-hydrogen) atoms. The van der Waals surface area contributed by atoms with Crippen molar-refractivity contribution in [3.63, 3.8) is 0 Å². The van der Waals surface area contributed by atoms with E-state index in [9.17, 15) is 15.0 Å². The van der Waals surface area contributed by atoms with E-state index in [1.165, 1.54) is 0 Å². The van der Waals surface area contributed by atoms with Crippen molar-refractivity contribution < 1.29 is 38.5 Å². The fourth-order valence-electron chi connectivity index (χ4n) is 5.17. The third-order valence-corrected chi connectivity index (χ3v) is 8.07. The van der Waals surface area contributed by atoms with E-state index in [2.05, 4.69) is 20.8 Å². The third-order valence-electron chi connectivity index (χ3n) is 7.56. The highest BCUT2D eigenvalue weighted by Gasteiger charge is 2.31. The second-order valence-corrected chi connectivity index (χ2v) is 15.5. The largest absolute Gasteiger partial charge is 0.514 e. The van der Waals surface area contributed by atoms with Crippen LogP contribution in [0.25, 0.3) is 16.7 Å². The van der Waals surface area contributed by atoms with Gasteiger partial charge in [0, 0.05) is 39.8 Å². The summed E-state index contributed by atoms with van der Waals surface area (Å²) in [6.07, 6.45) is 4.58. The van der Waals surface area contributed by atoms with E-state index in [0.717, 1.165) is 23.1 Å². The van der Waals surface area contributed by atoms with E-state index in [0.29, 0.717) is 51.9 Å². The molecule has 0 spiro atoms. The summed E-state index contributed by atoms with van der Waals surface area (Å²) in [7, 11) is 2.90. The van der Waals surface area contributed by atoms with Gasteiger partial charge in [-0.05, 0) is 68.4 Å². The topological polar surface area (TPSA) is 104 Å². The minimum atomic E-state index is -0.796. The van der Waals surface area contributed by atoms with Crippen LogP contribution < -0.4 is 18.7 Å². The molecule has 0 fully saturated rings. The molecule has 0 radical (unpaired) electrons. The van der Waals surface area contributed by atoms with E-state index < -0.39 is 11.8 Å². The number of hydrogen-bond acceptors (Lipinski definition) is 8. The highest BCUT2D eigenvalue weighted by molar-refractivity contribution is 7.64. The van der Waals surface area contributed by atoms with Gasteiger partial charge in [0.2, 0.25) is 0 Å². The number of para-hydroxylation sites is 1. The first-order valence-corrected chi connectivity index (χ1v) is 18.0. The van der Waals surface area contributed by atoms with E-state index in [1.54, 1.807) is 53.2 Å². The number of phenolic OH excluding ortho intramolecular Hbond substituents is 1. The monoisotopic (exact) mass is 712 g/mol. The van der Waals surface area contributed by atoms with Gasteiger partial charge < -0.3 is 33.7 Å². The molecule has 0 aromatic heterocycles. The number of allylic oxidation sites excluding steroid dienone is 4. The average molecular weight is 713 g/mol. The number of rotatable bonds is 7. The summed E-state index contributed by atoms with van der Waals surface area (Å²) in [5, 5.41) is 19.3. The smallest absolute Gasteiger partial charge is 0.512 e. The second-order valence-electron chi connectivity index (χ2n) is 14.7. The molecular weight excluding hydrogens is 663 g/mol.